The number of aliphatic imine (C=N–C) groups is 1. The van der Waals surface area contributed by atoms with Crippen LogP contribution in [0.1, 0.15) is 39.5 Å². The standard InChI is InChI=1S/C10H20N2OPS2/c1-3-13-9(2)16-14(15)12-8-11-10-6-4-5-7-10/h8-10H,3-7H2,1-2H3,(H,11,12,15)/q+1. The summed E-state index contributed by atoms with van der Waals surface area (Å²) in [6, 6.07) is -0.148. The fraction of sp³-hybridized carbons (Fsp3) is 0.900. The Kier molecular flexibility index (Phi) is 7.54. The van der Waals surface area contributed by atoms with Crippen LogP contribution in [0.3, 0.4) is 0 Å². The van der Waals surface area contributed by atoms with Crippen LogP contribution in [0.2, 0.25) is 0 Å². The SMILES string of the molecule is CCOC(C)S[P+](=S)NC=NC1CCCC1. The van der Waals surface area contributed by atoms with Crippen LogP contribution in [0.5, 0.6) is 0 Å². The Bertz CT molecular complexity index is 245. The monoisotopic (exact) mass is 279 g/mol. The molecule has 1 fully saturated rings. The lowest BCUT2D eigenvalue weighted by atomic mass is 10.3. The van der Waals surface area contributed by atoms with E-state index < -0.39 is 6.05 Å². The van der Waals surface area contributed by atoms with E-state index in [0.717, 1.165) is 6.61 Å². The Balaban J connectivity index is 2.13. The summed E-state index contributed by atoms with van der Waals surface area (Å²) in [6.45, 7) is 4.77. The average Bonchev–Trinajstić information content (AvgIpc) is 2.70. The summed E-state index contributed by atoms with van der Waals surface area (Å²) in [5.74, 6) is 0. The highest BCUT2D eigenvalue weighted by atomic mass is 32.9. The van der Waals surface area contributed by atoms with Crippen LogP contribution in [0, 0.1) is 0 Å². The first-order valence-electron chi connectivity index (χ1n) is 5.75. The summed E-state index contributed by atoms with van der Waals surface area (Å²) < 4.78 is 5.42. The maximum absolute atomic E-state index is 5.42. The lowest BCUT2D eigenvalue weighted by Crippen LogP contribution is -2.06. The molecule has 6 heteroatoms. The molecule has 0 amide bonds. The van der Waals surface area contributed by atoms with Crippen molar-refractivity contribution in [2.75, 3.05) is 6.61 Å². The Morgan fingerprint density at radius 1 is 1.62 bits per heavy atom. The number of hydrogen-bond acceptors (Lipinski definition) is 4. The van der Waals surface area contributed by atoms with E-state index in [0.29, 0.717) is 6.04 Å². The molecule has 0 saturated heterocycles. The molecular weight excluding hydrogens is 259 g/mol. The normalized spacial score (nSPS) is 20.2. The summed E-state index contributed by atoms with van der Waals surface area (Å²) in [4.78, 5) is 4.48. The van der Waals surface area contributed by atoms with Crippen molar-refractivity contribution >= 4 is 35.6 Å². The van der Waals surface area contributed by atoms with Crippen molar-refractivity contribution in [3.63, 3.8) is 0 Å². The minimum absolute atomic E-state index is 0.168. The quantitative estimate of drug-likeness (QED) is 0.335. The number of nitrogens with zero attached hydrogens (tertiary/aromatic N) is 1. The van der Waals surface area contributed by atoms with Gasteiger partial charge in [0.2, 0.25) is 11.8 Å². The first-order valence-corrected chi connectivity index (χ1v) is 9.59. The lowest BCUT2D eigenvalue weighted by Gasteiger charge is -2.03. The number of ether oxygens (including phenoxy) is 1. The van der Waals surface area contributed by atoms with Gasteiger partial charge in [-0.1, -0.05) is 12.8 Å². The summed E-state index contributed by atoms with van der Waals surface area (Å²) in [6.07, 6.45) is 6.91. The molecule has 1 aliphatic rings. The Morgan fingerprint density at radius 2 is 2.31 bits per heavy atom. The van der Waals surface area contributed by atoms with Gasteiger partial charge in [0.25, 0.3) is 0 Å². The third kappa shape index (κ3) is 6.14. The molecule has 0 aliphatic heterocycles. The van der Waals surface area contributed by atoms with Crippen LogP contribution in [0.25, 0.3) is 0 Å². The molecule has 1 aliphatic carbocycles. The number of hydrogen-bond donors (Lipinski definition) is 1. The predicted octanol–water partition coefficient (Wildman–Crippen LogP) is 3.44. The molecule has 0 heterocycles. The fourth-order valence-electron chi connectivity index (χ4n) is 1.67. The zero-order valence-electron chi connectivity index (χ0n) is 9.89. The van der Waals surface area contributed by atoms with Crippen LogP contribution >= 0.6 is 17.4 Å². The van der Waals surface area contributed by atoms with Gasteiger partial charge in [-0.05, 0) is 26.7 Å². The molecule has 2 unspecified atom stereocenters. The molecule has 0 aromatic heterocycles. The largest absolute Gasteiger partial charge is 0.369 e. The molecule has 3 nitrogen and oxygen atoms in total. The summed E-state index contributed by atoms with van der Waals surface area (Å²) >= 11 is 6.97. The van der Waals surface area contributed by atoms with E-state index in [2.05, 4.69) is 10.1 Å². The van der Waals surface area contributed by atoms with Crippen molar-refractivity contribution < 1.29 is 4.74 Å². The Labute approximate surface area is 108 Å². The second-order valence-corrected chi connectivity index (χ2v) is 8.89. The maximum atomic E-state index is 5.42. The number of rotatable bonds is 7. The van der Waals surface area contributed by atoms with Gasteiger partial charge >= 0.3 is 6.05 Å². The van der Waals surface area contributed by atoms with Crippen molar-refractivity contribution in [1.29, 1.82) is 0 Å². The molecule has 2 atom stereocenters. The molecule has 0 aromatic rings. The van der Waals surface area contributed by atoms with Crippen molar-refractivity contribution in [1.82, 2.24) is 5.09 Å². The van der Waals surface area contributed by atoms with E-state index in [1.54, 1.807) is 17.7 Å². The summed E-state index contributed by atoms with van der Waals surface area (Å²) in [5.41, 5.74) is 0.168. The van der Waals surface area contributed by atoms with E-state index in [9.17, 15) is 0 Å². The van der Waals surface area contributed by atoms with Crippen LogP contribution in [-0.4, -0.2) is 24.4 Å². The van der Waals surface area contributed by atoms with Gasteiger partial charge in [-0.2, -0.15) is 5.09 Å². The molecule has 1 rings (SSSR count). The third-order valence-electron chi connectivity index (χ3n) is 2.42. The van der Waals surface area contributed by atoms with Gasteiger partial charge in [0.1, 0.15) is 11.8 Å². The van der Waals surface area contributed by atoms with E-state index in [1.807, 2.05) is 13.8 Å². The Hall–Kier alpha value is 0.300. The van der Waals surface area contributed by atoms with Crippen molar-refractivity contribution in [3.05, 3.63) is 0 Å². The topological polar surface area (TPSA) is 33.6 Å². The van der Waals surface area contributed by atoms with E-state index in [-0.39, 0.29) is 5.44 Å². The van der Waals surface area contributed by atoms with Crippen molar-refractivity contribution in [2.45, 2.75) is 51.0 Å². The second-order valence-electron chi connectivity index (χ2n) is 3.73. The zero-order chi connectivity index (χ0) is 11.8. The minimum atomic E-state index is -0.676. The molecule has 1 saturated carbocycles. The molecule has 92 valence electrons. The maximum Gasteiger partial charge on any atom is 0.369 e. The van der Waals surface area contributed by atoms with Crippen molar-refractivity contribution in [2.24, 2.45) is 4.99 Å². The predicted molar refractivity (Wildman–Crippen MR) is 76.8 cm³/mol. The molecular formula is C10H20N2OPS2+. The molecule has 0 spiro atoms. The highest BCUT2D eigenvalue weighted by molar-refractivity contribution is 8.63. The summed E-state index contributed by atoms with van der Waals surface area (Å²) in [5, 5.41) is 3.17. The summed E-state index contributed by atoms with van der Waals surface area (Å²) in [7, 11) is 0. The second kappa shape index (κ2) is 8.40. The van der Waals surface area contributed by atoms with Crippen LogP contribution in [-0.2, 0) is 16.5 Å². The van der Waals surface area contributed by atoms with Crippen LogP contribution in [0.4, 0.5) is 0 Å². The zero-order valence-corrected chi connectivity index (χ0v) is 12.4. The lowest BCUT2D eigenvalue weighted by molar-refractivity contribution is 0.138. The fourth-order valence-corrected chi connectivity index (χ4v) is 4.91. The van der Waals surface area contributed by atoms with Gasteiger partial charge in [-0.3, -0.25) is 4.99 Å². The molecule has 16 heavy (non-hydrogen) atoms. The van der Waals surface area contributed by atoms with Gasteiger partial charge in [0.05, 0.1) is 6.04 Å². The first-order chi connectivity index (χ1) is 7.72. The highest BCUT2D eigenvalue weighted by Crippen LogP contribution is 2.37. The van der Waals surface area contributed by atoms with Gasteiger partial charge < -0.3 is 4.74 Å². The number of nitrogens with one attached hydrogen (secondary N) is 1. The first kappa shape index (κ1) is 14.4. The highest BCUT2D eigenvalue weighted by Gasteiger charge is 2.18. The molecule has 0 radical (unpaired) electrons. The minimum Gasteiger partial charge on any atom is -0.364 e. The molecule has 0 aromatic carbocycles. The van der Waals surface area contributed by atoms with Gasteiger partial charge in [0, 0.05) is 6.61 Å². The molecule has 1 N–H and O–H groups in total. The average molecular weight is 279 g/mol. The third-order valence-corrected chi connectivity index (χ3v) is 6.24. The van der Waals surface area contributed by atoms with Gasteiger partial charge in [-0.25, -0.2) is 0 Å². The van der Waals surface area contributed by atoms with Gasteiger partial charge in [-0.15, -0.1) is 0 Å². The van der Waals surface area contributed by atoms with E-state index >= 15 is 0 Å². The van der Waals surface area contributed by atoms with Gasteiger partial charge in [0.15, 0.2) is 11.4 Å². The Morgan fingerprint density at radius 3 is 2.94 bits per heavy atom. The van der Waals surface area contributed by atoms with Crippen LogP contribution < -0.4 is 5.09 Å². The smallest absolute Gasteiger partial charge is 0.364 e. The van der Waals surface area contributed by atoms with Crippen LogP contribution in [0.15, 0.2) is 4.99 Å². The van der Waals surface area contributed by atoms with Crippen molar-refractivity contribution in [3.8, 4) is 0 Å². The van der Waals surface area contributed by atoms with E-state index in [4.69, 9.17) is 16.5 Å². The van der Waals surface area contributed by atoms with E-state index in [1.165, 1.54) is 25.7 Å². The molecule has 0 bridgehead atoms.